The summed E-state index contributed by atoms with van der Waals surface area (Å²) in [5.41, 5.74) is 6.82. The minimum atomic E-state index is -0.172. The van der Waals surface area contributed by atoms with Crippen molar-refractivity contribution in [2.24, 2.45) is 5.73 Å². The van der Waals surface area contributed by atoms with Crippen molar-refractivity contribution in [3.8, 4) is 0 Å². The molecule has 0 heterocycles. The number of halogens is 2. The van der Waals surface area contributed by atoms with E-state index < -0.39 is 0 Å². The van der Waals surface area contributed by atoms with Crippen molar-refractivity contribution in [3.05, 3.63) is 34.9 Å². The Morgan fingerprint density at radius 1 is 1.35 bits per heavy atom. The maximum Gasteiger partial charge on any atom is 0.227 e. The van der Waals surface area contributed by atoms with Gasteiger partial charge in [-0.1, -0.05) is 23.7 Å². The van der Waals surface area contributed by atoms with Gasteiger partial charge in [-0.3, -0.25) is 4.79 Å². The molecule has 0 saturated heterocycles. The smallest absolute Gasteiger partial charge is 0.227 e. The van der Waals surface area contributed by atoms with Crippen molar-refractivity contribution >= 4 is 29.9 Å². The van der Waals surface area contributed by atoms with Crippen LogP contribution in [-0.2, 0) is 4.79 Å². The largest absolute Gasteiger partial charge is 0.353 e. The van der Waals surface area contributed by atoms with E-state index in [2.05, 4.69) is 5.32 Å². The number of nitrogens with one attached hydrogen (secondary N) is 1. The summed E-state index contributed by atoms with van der Waals surface area (Å²) in [5, 5.41) is 3.79. The Kier molecular flexibility index (Phi) is 6.80. The lowest BCUT2D eigenvalue weighted by atomic mass is 9.91. The molecule has 1 aliphatic carbocycles. The number of nitrogens with two attached hydrogens (primary N) is 1. The molecule has 1 saturated carbocycles. The van der Waals surface area contributed by atoms with Gasteiger partial charge in [0.1, 0.15) is 0 Å². The zero-order chi connectivity index (χ0) is 13.8. The Morgan fingerprint density at radius 3 is 2.60 bits per heavy atom. The fraction of sp³-hybridized carbons (Fsp3) is 0.533. The minimum Gasteiger partial charge on any atom is -0.353 e. The highest BCUT2D eigenvalue weighted by Crippen LogP contribution is 2.21. The van der Waals surface area contributed by atoms with Crippen LogP contribution < -0.4 is 11.1 Å². The number of benzene rings is 1. The molecule has 1 atom stereocenters. The summed E-state index contributed by atoms with van der Waals surface area (Å²) >= 11 is 5.96. The van der Waals surface area contributed by atoms with Gasteiger partial charge in [0.05, 0.1) is 5.92 Å². The molecular weight excluding hydrogens is 295 g/mol. The van der Waals surface area contributed by atoms with Crippen LogP contribution in [0.5, 0.6) is 0 Å². The second-order valence-corrected chi connectivity index (χ2v) is 5.83. The monoisotopic (exact) mass is 316 g/mol. The molecule has 0 bridgehead atoms. The van der Waals surface area contributed by atoms with Crippen LogP contribution in [0.4, 0.5) is 0 Å². The lowest BCUT2D eigenvalue weighted by Crippen LogP contribution is -2.42. The van der Waals surface area contributed by atoms with Crippen LogP contribution in [-0.4, -0.2) is 18.0 Å². The standard InChI is InChI=1S/C15H21ClN2O.ClH/c1-10(11-3-2-4-12(16)9-11)15(19)18-14-7-5-13(17)6-8-14;/h2-4,9-10,13-14H,5-8,17H2,1H3,(H,18,19);1H. The van der Waals surface area contributed by atoms with Crippen LogP contribution in [0, 0.1) is 0 Å². The fourth-order valence-corrected chi connectivity index (χ4v) is 2.72. The summed E-state index contributed by atoms with van der Waals surface area (Å²) < 4.78 is 0. The first-order valence-electron chi connectivity index (χ1n) is 6.87. The molecule has 3 nitrogen and oxygen atoms in total. The van der Waals surface area contributed by atoms with Gasteiger partial charge in [0.25, 0.3) is 0 Å². The van der Waals surface area contributed by atoms with Gasteiger partial charge in [-0.2, -0.15) is 0 Å². The van der Waals surface area contributed by atoms with E-state index in [1.807, 2.05) is 31.2 Å². The molecule has 0 aliphatic heterocycles. The Labute approximate surface area is 131 Å². The van der Waals surface area contributed by atoms with Crippen LogP contribution in [0.3, 0.4) is 0 Å². The second-order valence-electron chi connectivity index (χ2n) is 5.40. The summed E-state index contributed by atoms with van der Waals surface area (Å²) in [4.78, 5) is 12.2. The molecule has 0 radical (unpaired) electrons. The van der Waals surface area contributed by atoms with Crippen LogP contribution in [0.25, 0.3) is 0 Å². The quantitative estimate of drug-likeness (QED) is 0.899. The summed E-state index contributed by atoms with van der Waals surface area (Å²) in [6.07, 6.45) is 3.96. The van der Waals surface area contributed by atoms with E-state index in [1.54, 1.807) is 0 Å². The molecule has 5 heteroatoms. The van der Waals surface area contributed by atoms with Crippen molar-refractivity contribution in [2.45, 2.75) is 50.6 Å². The Bertz CT molecular complexity index is 445. The highest BCUT2D eigenvalue weighted by Gasteiger charge is 2.23. The van der Waals surface area contributed by atoms with Crippen molar-refractivity contribution in [2.75, 3.05) is 0 Å². The van der Waals surface area contributed by atoms with Crippen LogP contribution >= 0.6 is 24.0 Å². The molecule has 1 unspecified atom stereocenters. The van der Waals surface area contributed by atoms with Gasteiger partial charge in [0.2, 0.25) is 5.91 Å². The number of rotatable bonds is 3. The van der Waals surface area contributed by atoms with Gasteiger partial charge in [-0.15, -0.1) is 12.4 Å². The molecule has 112 valence electrons. The predicted molar refractivity (Wildman–Crippen MR) is 85.5 cm³/mol. The molecular formula is C15H22Cl2N2O. The Morgan fingerprint density at radius 2 is 2.00 bits per heavy atom. The summed E-state index contributed by atoms with van der Waals surface area (Å²) in [6, 6.07) is 8.06. The molecule has 3 N–H and O–H groups in total. The van der Waals surface area contributed by atoms with E-state index in [-0.39, 0.29) is 30.3 Å². The van der Waals surface area contributed by atoms with Gasteiger partial charge in [-0.25, -0.2) is 0 Å². The average Bonchev–Trinajstić information content (AvgIpc) is 2.40. The van der Waals surface area contributed by atoms with Crippen molar-refractivity contribution in [1.29, 1.82) is 0 Å². The predicted octanol–water partition coefficient (Wildman–Crippen LogP) is 3.25. The minimum absolute atomic E-state index is 0. The van der Waals surface area contributed by atoms with Gasteiger partial charge in [0.15, 0.2) is 0 Å². The zero-order valence-corrected chi connectivity index (χ0v) is 13.2. The van der Waals surface area contributed by atoms with Crippen LogP contribution in [0.1, 0.15) is 44.1 Å². The van der Waals surface area contributed by atoms with Gasteiger partial charge in [-0.05, 0) is 50.3 Å². The van der Waals surface area contributed by atoms with E-state index in [0.717, 1.165) is 31.2 Å². The third-order valence-corrected chi connectivity index (χ3v) is 4.10. The average molecular weight is 317 g/mol. The Balaban J connectivity index is 0.00000200. The van der Waals surface area contributed by atoms with Crippen LogP contribution in [0.2, 0.25) is 5.02 Å². The third-order valence-electron chi connectivity index (χ3n) is 3.86. The molecule has 1 aliphatic rings. The topological polar surface area (TPSA) is 55.1 Å². The molecule has 1 amide bonds. The van der Waals surface area contributed by atoms with E-state index >= 15 is 0 Å². The molecule has 1 aromatic carbocycles. The lowest BCUT2D eigenvalue weighted by molar-refractivity contribution is -0.123. The number of hydrogen-bond donors (Lipinski definition) is 2. The first-order valence-corrected chi connectivity index (χ1v) is 7.25. The maximum atomic E-state index is 12.2. The third kappa shape index (κ3) is 4.65. The van der Waals surface area contributed by atoms with E-state index in [4.69, 9.17) is 17.3 Å². The number of carbonyl (C=O) groups is 1. The number of hydrogen-bond acceptors (Lipinski definition) is 2. The highest BCUT2D eigenvalue weighted by molar-refractivity contribution is 6.30. The van der Waals surface area contributed by atoms with Crippen LogP contribution in [0.15, 0.2) is 24.3 Å². The van der Waals surface area contributed by atoms with Gasteiger partial charge in [0, 0.05) is 17.1 Å². The van der Waals surface area contributed by atoms with Crippen molar-refractivity contribution in [1.82, 2.24) is 5.32 Å². The normalized spacial score (nSPS) is 23.6. The van der Waals surface area contributed by atoms with Gasteiger partial charge < -0.3 is 11.1 Å². The lowest BCUT2D eigenvalue weighted by Gasteiger charge is -2.28. The SMILES string of the molecule is CC(C(=O)NC1CCC(N)CC1)c1cccc(Cl)c1.Cl. The first-order chi connectivity index (χ1) is 9.06. The van der Waals surface area contributed by atoms with Crippen molar-refractivity contribution in [3.63, 3.8) is 0 Å². The van der Waals surface area contributed by atoms with E-state index in [9.17, 15) is 4.79 Å². The molecule has 20 heavy (non-hydrogen) atoms. The Hall–Kier alpha value is -0.770. The van der Waals surface area contributed by atoms with Crippen molar-refractivity contribution < 1.29 is 4.79 Å². The second kappa shape index (κ2) is 7.87. The molecule has 2 rings (SSSR count). The fourth-order valence-electron chi connectivity index (χ4n) is 2.52. The summed E-state index contributed by atoms with van der Waals surface area (Å²) in [5.74, 6) is -0.1000. The number of carbonyl (C=O) groups excluding carboxylic acids is 1. The zero-order valence-electron chi connectivity index (χ0n) is 11.6. The summed E-state index contributed by atoms with van der Waals surface area (Å²) in [7, 11) is 0. The summed E-state index contributed by atoms with van der Waals surface area (Å²) in [6.45, 7) is 1.91. The van der Waals surface area contributed by atoms with E-state index in [0.29, 0.717) is 11.1 Å². The first kappa shape index (κ1) is 17.3. The molecule has 0 aromatic heterocycles. The molecule has 1 fully saturated rings. The van der Waals surface area contributed by atoms with E-state index in [1.165, 1.54) is 0 Å². The molecule has 1 aromatic rings. The maximum absolute atomic E-state index is 12.2. The highest BCUT2D eigenvalue weighted by atomic mass is 35.5. The molecule has 0 spiro atoms. The van der Waals surface area contributed by atoms with Gasteiger partial charge >= 0.3 is 0 Å². The number of amides is 1.